The molecule has 0 aromatic carbocycles. The summed E-state index contributed by atoms with van der Waals surface area (Å²) >= 11 is 0. The molecule has 0 radical (unpaired) electrons. The Morgan fingerprint density at radius 2 is 1.92 bits per heavy atom. The summed E-state index contributed by atoms with van der Waals surface area (Å²) in [5, 5.41) is 0. The molecule has 70 valence electrons. The third-order valence-corrected chi connectivity index (χ3v) is 2.60. The molecule has 3 nitrogen and oxygen atoms in total. The minimum absolute atomic E-state index is 0.0757. The van der Waals surface area contributed by atoms with Gasteiger partial charge in [0.05, 0.1) is 0 Å². The van der Waals surface area contributed by atoms with E-state index >= 15 is 0 Å². The van der Waals surface area contributed by atoms with E-state index in [1.54, 1.807) is 0 Å². The summed E-state index contributed by atoms with van der Waals surface area (Å²) in [4.78, 5) is 10.4. The van der Waals surface area contributed by atoms with Gasteiger partial charge >= 0.3 is 6.09 Å². The van der Waals surface area contributed by atoms with Crippen molar-refractivity contribution in [2.45, 2.75) is 39.7 Å². The van der Waals surface area contributed by atoms with Crippen LogP contribution in [-0.4, -0.2) is 12.2 Å². The molecule has 1 rings (SSSR count). The van der Waals surface area contributed by atoms with Crippen LogP contribution in [0.3, 0.4) is 0 Å². The first-order valence-electron chi connectivity index (χ1n) is 4.35. The zero-order valence-corrected chi connectivity index (χ0v) is 7.96. The first kappa shape index (κ1) is 9.36. The molecular formula is C9H17NO2. The molecule has 0 aromatic rings. The Hall–Kier alpha value is -0.730. The molecule has 1 saturated carbocycles. The predicted molar refractivity (Wildman–Crippen MR) is 46.6 cm³/mol. The lowest BCUT2D eigenvalue weighted by molar-refractivity contribution is -0.0191. The third-order valence-electron chi connectivity index (χ3n) is 2.60. The molecule has 1 aliphatic carbocycles. The number of ether oxygens (including phenoxy) is 1. The molecule has 1 aliphatic rings. The van der Waals surface area contributed by atoms with Crippen LogP contribution in [-0.2, 0) is 4.74 Å². The fourth-order valence-corrected chi connectivity index (χ4v) is 1.53. The van der Waals surface area contributed by atoms with Gasteiger partial charge in [-0.15, -0.1) is 0 Å². The van der Waals surface area contributed by atoms with E-state index in [1.807, 2.05) is 0 Å². The normalized spacial score (nSPS) is 29.2. The van der Waals surface area contributed by atoms with Crippen LogP contribution in [0.4, 0.5) is 4.79 Å². The molecule has 2 N–H and O–H groups in total. The summed E-state index contributed by atoms with van der Waals surface area (Å²) in [5.41, 5.74) is 5.23. The van der Waals surface area contributed by atoms with Crippen molar-refractivity contribution >= 4 is 6.09 Å². The minimum atomic E-state index is -0.646. The van der Waals surface area contributed by atoms with E-state index in [-0.39, 0.29) is 6.10 Å². The summed E-state index contributed by atoms with van der Waals surface area (Å²) in [7, 11) is 0. The third kappa shape index (κ3) is 2.13. The van der Waals surface area contributed by atoms with Crippen LogP contribution in [0.5, 0.6) is 0 Å². The number of rotatable bonds is 1. The number of hydrogen-bond acceptors (Lipinski definition) is 2. The van der Waals surface area contributed by atoms with Crippen LogP contribution in [0.25, 0.3) is 0 Å². The van der Waals surface area contributed by atoms with Crippen molar-refractivity contribution < 1.29 is 9.53 Å². The van der Waals surface area contributed by atoms with Crippen molar-refractivity contribution in [1.82, 2.24) is 0 Å². The van der Waals surface area contributed by atoms with Gasteiger partial charge in [-0.2, -0.15) is 0 Å². The summed E-state index contributed by atoms with van der Waals surface area (Å²) in [6.45, 7) is 6.62. The van der Waals surface area contributed by atoms with E-state index in [0.717, 1.165) is 12.8 Å². The van der Waals surface area contributed by atoms with Crippen molar-refractivity contribution in [2.24, 2.45) is 17.1 Å². The quantitative estimate of drug-likeness (QED) is 0.655. The highest BCUT2D eigenvalue weighted by Crippen LogP contribution is 2.42. The molecule has 12 heavy (non-hydrogen) atoms. The molecule has 3 heteroatoms. The monoisotopic (exact) mass is 171 g/mol. The SMILES string of the molecule is CC(C)(C)C1CC(OC(N)=O)C1. The second kappa shape index (κ2) is 2.96. The Morgan fingerprint density at radius 1 is 1.42 bits per heavy atom. The second-order valence-corrected chi connectivity index (χ2v) is 4.59. The van der Waals surface area contributed by atoms with Crippen molar-refractivity contribution in [3.8, 4) is 0 Å². The van der Waals surface area contributed by atoms with Gasteiger partial charge in [0.2, 0.25) is 0 Å². The fraction of sp³-hybridized carbons (Fsp3) is 0.889. The summed E-state index contributed by atoms with van der Waals surface area (Å²) < 4.78 is 4.85. The number of nitrogens with two attached hydrogens (primary N) is 1. The highest BCUT2D eigenvalue weighted by Gasteiger charge is 2.38. The Balaban J connectivity index is 2.25. The number of primary amides is 1. The lowest BCUT2D eigenvalue weighted by atomic mass is 9.67. The molecule has 0 bridgehead atoms. The van der Waals surface area contributed by atoms with Gasteiger partial charge in [0.25, 0.3) is 0 Å². The van der Waals surface area contributed by atoms with E-state index in [1.165, 1.54) is 0 Å². The number of carbonyl (C=O) groups excluding carboxylic acids is 1. The van der Waals surface area contributed by atoms with Crippen molar-refractivity contribution in [3.63, 3.8) is 0 Å². The summed E-state index contributed by atoms with van der Waals surface area (Å²) in [5.74, 6) is 0.668. The Labute approximate surface area is 73.3 Å². The van der Waals surface area contributed by atoms with Crippen molar-refractivity contribution in [1.29, 1.82) is 0 Å². The standard InChI is InChI=1S/C9H17NO2/c1-9(2,3)6-4-7(5-6)12-8(10)11/h6-7H,4-5H2,1-3H3,(H2,10,11). The van der Waals surface area contributed by atoms with E-state index in [4.69, 9.17) is 10.5 Å². The molecule has 0 atom stereocenters. The van der Waals surface area contributed by atoms with Gasteiger partial charge in [-0.05, 0) is 24.2 Å². The second-order valence-electron chi connectivity index (χ2n) is 4.59. The van der Waals surface area contributed by atoms with Gasteiger partial charge in [0.1, 0.15) is 6.10 Å². The molecule has 0 spiro atoms. The number of amides is 1. The van der Waals surface area contributed by atoms with Gasteiger partial charge < -0.3 is 10.5 Å². The van der Waals surface area contributed by atoms with E-state index in [0.29, 0.717) is 11.3 Å². The van der Waals surface area contributed by atoms with Crippen LogP contribution in [0, 0.1) is 11.3 Å². The lowest BCUT2D eigenvalue weighted by Gasteiger charge is -2.42. The summed E-state index contributed by atoms with van der Waals surface area (Å²) in [6, 6.07) is 0. The van der Waals surface area contributed by atoms with Gasteiger partial charge in [0.15, 0.2) is 0 Å². The molecule has 1 fully saturated rings. The van der Waals surface area contributed by atoms with Crippen molar-refractivity contribution in [3.05, 3.63) is 0 Å². The topological polar surface area (TPSA) is 52.3 Å². The van der Waals surface area contributed by atoms with Gasteiger partial charge in [-0.1, -0.05) is 20.8 Å². The van der Waals surface area contributed by atoms with Crippen LogP contribution in [0.15, 0.2) is 0 Å². The highest BCUT2D eigenvalue weighted by atomic mass is 16.6. The van der Waals surface area contributed by atoms with Gasteiger partial charge in [-0.3, -0.25) is 0 Å². The maximum Gasteiger partial charge on any atom is 0.404 e. The summed E-state index contributed by atoms with van der Waals surface area (Å²) in [6.07, 6.45) is 1.36. The van der Waals surface area contributed by atoms with Gasteiger partial charge in [0, 0.05) is 0 Å². The zero-order valence-electron chi connectivity index (χ0n) is 7.96. The largest absolute Gasteiger partial charge is 0.446 e. The first-order chi connectivity index (χ1) is 5.39. The minimum Gasteiger partial charge on any atom is -0.446 e. The van der Waals surface area contributed by atoms with Gasteiger partial charge in [-0.25, -0.2) is 4.79 Å². The highest BCUT2D eigenvalue weighted by molar-refractivity contribution is 5.64. The van der Waals surface area contributed by atoms with Crippen LogP contribution >= 0.6 is 0 Å². The Morgan fingerprint density at radius 3 is 2.25 bits per heavy atom. The molecule has 0 aliphatic heterocycles. The molecule has 0 aromatic heterocycles. The van der Waals surface area contributed by atoms with Crippen molar-refractivity contribution in [2.75, 3.05) is 0 Å². The molecule has 0 saturated heterocycles. The lowest BCUT2D eigenvalue weighted by Crippen LogP contribution is -2.40. The predicted octanol–water partition coefficient (Wildman–Crippen LogP) is 1.91. The smallest absolute Gasteiger partial charge is 0.404 e. The Bertz CT molecular complexity index is 177. The maximum absolute atomic E-state index is 10.4. The average molecular weight is 171 g/mol. The molecule has 1 amide bonds. The van der Waals surface area contributed by atoms with E-state index in [9.17, 15) is 4.79 Å². The number of hydrogen-bond donors (Lipinski definition) is 1. The molecule has 0 unspecified atom stereocenters. The first-order valence-corrected chi connectivity index (χ1v) is 4.35. The van der Waals surface area contributed by atoms with E-state index in [2.05, 4.69) is 20.8 Å². The molecule has 0 heterocycles. The van der Waals surface area contributed by atoms with Crippen LogP contribution in [0.2, 0.25) is 0 Å². The number of carbonyl (C=O) groups is 1. The average Bonchev–Trinajstić information content (AvgIpc) is 1.73. The Kier molecular flexibility index (Phi) is 2.31. The van der Waals surface area contributed by atoms with Crippen LogP contribution < -0.4 is 5.73 Å². The maximum atomic E-state index is 10.4. The molecular weight excluding hydrogens is 154 g/mol. The van der Waals surface area contributed by atoms with E-state index < -0.39 is 6.09 Å². The van der Waals surface area contributed by atoms with Crippen LogP contribution in [0.1, 0.15) is 33.6 Å². The fourth-order valence-electron chi connectivity index (χ4n) is 1.53. The zero-order chi connectivity index (χ0) is 9.35.